The first-order valence-electron chi connectivity index (χ1n) is 3.93. The van der Waals surface area contributed by atoms with Crippen LogP contribution in [0.1, 0.15) is 12.5 Å². The number of hydrogen-bond donors (Lipinski definition) is 2. The third-order valence-electron chi connectivity index (χ3n) is 1.68. The lowest BCUT2D eigenvalue weighted by molar-refractivity contribution is -0.114. The van der Waals surface area contributed by atoms with Crippen molar-refractivity contribution in [3.05, 3.63) is 35.4 Å². The van der Waals surface area contributed by atoms with E-state index in [1.54, 1.807) is 25.1 Å². The summed E-state index contributed by atoms with van der Waals surface area (Å²) < 4.78 is 0. The summed E-state index contributed by atoms with van der Waals surface area (Å²) in [6.45, 7) is 1.67. The molecule has 0 aliphatic heterocycles. The maximum absolute atomic E-state index is 10.7. The SMILES string of the molecule is C/C(=C\c1cccc(N)c1)C(N)=O. The number of rotatable bonds is 2. The second kappa shape index (κ2) is 3.76. The lowest BCUT2D eigenvalue weighted by Gasteiger charge is -1.97. The van der Waals surface area contributed by atoms with Gasteiger partial charge in [0.2, 0.25) is 5.91 Å². The molecule has 0 saturated carbocycles. The van der Waals surface area contributed by atoms with E-state index in [4.69, 9.17) is 11.5 Å². The Balaban J connectivity index is 2.97. The number of anilines is 1. The molecule has 0 aliphatic carbocycles. The summed E-state index contributed by atoms with van der Waals surface area (Å²) in [4.78, 5) is 10.7. The molecule has 0 radical (unpaired) electrons. The molecule has 3 heteroatoms. The van der Waals surface area contributed by atoms with Crippen molar-refractivity contribution in [2.24, 2.45) is 5.73 Å². The molecule has 0 fully saturated rings. The number of benzene rings is 1. The number of amides is 1. The average Bonchev–Trinajstić information content (AvgIpc) is 2.04. The minimum absolute atomic E-state index is 0.414. The van der Waals surface area contributed by atoms with Gasteiger partial charge in [-0.05, 0) is 30.7 Å². The van der Waals surface area contributed by atoms with Crippen LogP contribution in [0.4, 0.5) is 5.69 Å². The maximum Gasteiger partial charge on any atom is 0.244 e. The monoisotopic (exact) mass is 176 g/mol. The van der Waals surface area contributed by atoms with Crippen molar-refractivity contribution in [3.8, 4) is 0 Å². The van der Waals surface area contributed by atoms with Gasteiger partial charge in [-0.25, -0.2) is 0 Å². The fourth-order valence-electron chi connectivity index (χ4n) is 0.970. The molecule has 0 saturated heterocycles. The van der Waals surface area contributed by atoms with Crippen LogP contribution < -0.4 is 11.5 Å². The highest BCUT2D eigenvalue weighted by Crippen LogP contribution is 2.10. The number of carbonyl (C=O) groups excluding carboxylic acids is 1. The highest BCUT2D eigenvalue weighted by atomic mass is 16.1. The Kier molecular flexibility index (Phi) is 2.69. The van der Waals surface area contributed by atoms with Gasteiger partial charge in [-0.1, -0.05) is 12.1 Å². The zero-order valence-corrected chi connectivity index (χ0v) is 7.45. The minimum atomic E-state index is -0.414. The van der Waals surface area contributed by atoms with Crippen molar-refractivity contribution < 1.29 is 4.79 Å². The minimum Gasteiger partial charge on any atom is -0.399 e. The summed E-state index contributed by atoms with van der Waals surface area (Å²) in [6.07, 6.45) is 1.71. The quantitative estimate of drug-likeness (QED) is 0.524. The molecule has 1 aromatic carbocycles. The Morgan fingerprint density at radius 3 is 2.69 bits per heavy atom. The van der Waals surface area contributed by atoms with Crippen LogP contribution in [0.25, 0.3) is 6.08 Å². The van der Waals surface area contributed by atoms with Crippen molar-refractivity contribution in [1.82, 2.24) is 0 Å². The van der Waals surface area contributed by atoms with Crippen molar-refractivity contribution in [1.29, 1.82) is 0 Å². The normalized spacial score (nSPS) is 11.3. The molecule has 0 aromatic heterocycles. The molecule has 68 valence electrons. The zero-order valence-electron chi connectivity index (χ0n) is 7.45. The average molecular weight is 176 g/mol. The number of hydrogen-bond acceptors (Lipinski definition) is 2. The maximum atomic E-state index is 10.7. The zero-order chi connectivity index (χ0) is 9.84. The van der Waals surface area contributed by atoms with E-state index in [1.807, 2.05) is 12.1 Å². The first kappa shape index (κ1) is 9.32. The third kappa shape index (κ3) is 2.63. The van der Waals surface area contributed by atoms with E-state index in [0.717, 1.165) is 5.56 Å². The summed E-state index contributed by atoms with van der Waals surface area (Å²) in [5.41, 5.74) is 12.7. The Bertz CT molecular complexity index is 356. The molecule has 0 spiro atoms. The fraction of sp³-hybridized carbons (Fsp3) is 0.100. The van der Waals surface area contributed by atoms with Gasteiger partial charge >= 0.3 is 0 Å². The van der Waals surface area contributed by atoms with Gasteiger partial charge in [0.25, 0.3) is 0 Å². The van der Waals surface area contributed by atoms with Crippen molar-refractivity contribution in [2.45, 2.75) is 6.92 Å². The number of primary amides is 1. The van der Waals surface area contributed by atoms with Crippen LogP contribution in [0.15, 0.2) is 29.8 Å². The van der Waals surface area contributed by atoms with Crippen LogP contribution in [-0.2, 0) is 4.79 Å². The highest BCUT2D eigenvalue weighted by Gasteiger charge is 1.96. The van der Waals surface area contributed by atoms with E-state index in [9.17, 15) is 4.79 Å². The van der Waals surface area contributed by atoms with Gasteiger partial charge in [0.15, 0.2) is 0 Å². The predicted molar refractivity (Wildman–Crippen MR) is 53.7 cm³/mol. The molecule has 0 unspecified atom stereocenters. The molecular formula is C10H12N2O. The Hall–Kier alpha value is -1.77. The summed E-state index contributed by atoms with van der Waals surface area (Å²) in [7, 11) is 0. The molecule has 13 heavy (non-hydrogen) atoms. The van der Waals surface area contributed by atoms with Crippen molar-refractivity contribution in [2.75, 3.05) is 5.73 Å². The first-order chi connectivity index (χ1) is 6.09. The second-order valence-corrected chi connectivity index (χ2v) is 2.86. The largest absolute Gasteiger partial charge is 0.399 e. The molecule has 0 heterocycles. The Morgan fingerprint density at radius 1 is 1.46 bits per heavy atom. The van der Waals surface area contributed by atoms with Crippen LogP contribution in [0.5, 0.6) is 0 Å². The van der Waals surface area contributed by atoms with Gasteiger partial charge in [-0.3, -0.25) is 4.79 Å². The van der Waals surface area contributed by atoms with E-state index < -0.39 is 5.91 Å². The Morgan fingerprint density at radius 2 is 2.15 bits per heavy atom. The van der Waals surface area contributed by atoms with E-state index in [2.05, 4.69) is 0 Å². The van der Waals surface area contributed by atoms with Crippen LogP contribution in [0.2, 0.25) is 0 Å². The molecule has 0 atom stereocenters. The predicted octanol–water partition coefficient (Wildman–Crippen LogP) is 1.16. The fourth-order valence-corrected chi connectivity index (χ4v) is 0.970. The van der Waals surface area contributed by atoms with Crippen LogP contribution in [-0.4, -0.2) is 5.91 Å². The molecular weight excluding hydrogens is 164 g/mol. The second-order valence-electron chi connectivity index (χ2n) is 2.86. The van der Waals surface area contributed by atoms with Crippen LogP contribution in [0.3, 0.4) is 0 Å². The molecule has 4 N–H and O–H groups in total. The lowest BCUT2D eigenvalue weighted by atomic mass is 10.1. The van der Waals surface area contributed by atoms with Gasteiger partial charge < -0.3 is 11.5 Å². The number of carbonyl (C=O) groups is 1. The van der Waals surface area contributed by atoms with E-state index >= 15 is 0 Å². The highest BCUT2D eigenvalue weighted by molar-refractivity contribution is 5.96. The molecule has 1 aromatic rings. The standard InChI is InChI=1S/C10H12N2O/c1-7(10(12)13)5-8-3-2-4-9(11)6-8/h2-6H,11H2,1H3,(H2,12,13)/b7-5+. The van der Waals surface area contributed by atoms with Gasteiger partial charge in [0.1, 0.15) is 0 Å². The van der Waals surface area contributed by atoms with Gasteiger partial charge in [0, 0.05) is 11.3 Å². The number of nitrogen functional groups attached to an aromatic ring is 1. The molecule has 1 rings (SSSR count). The topological polar surface area (TPSA) is 69.1 Å². The summed E-state index contributed by atoms with van der Waals surface area (Å²) >= 11 is 0. The smallest absolute Gasteiger partial charge is 0.244 e. The third-order valence-corrected chi connectivity index (χ3v) is 1.68. The molecule has 3 nitrogen and oxygen atoms in total. The van der Waals surface area contributed by atoms with E-state index in [0.29, 0.717) is 11.3 Å². The first-order valence-corrected chi connectivity index (χ1v) is 3.93. The van der Waals surface area contributed by atoms with Gasteiger partial charge in [-0.15, -0.1) is 0 Å². The Labute approximate surface area is 77.0 Å². The molecule has 1 amide bonds. The lowest BCUT2D eigenvalue weighted by Crippen LogP contribution is -2.11. The summed E-state index contributed by atoms with van der Waals surface area (Å²) in [5.74, 6) is -0.414. The van der Waals surface area contributed by atoms with E-state index in [-0.39, 0.29) is 0 Å². The van der Waals surface area contributed by atoms with Crippen molar-refractivity contribution in [3.63, 3.8) is 0 Å². The summed E-state index contributed by atoms with van der Waals surface area (Å²) in [6, 6.07) is 7.27. The molecule has 0 aliphatic rings. The summed E-state index contributed by atoms with van der Waals surface area (Å²) in [5, 5.41) is 0. The van der Waals surface area contributed by atoms with Crippen LogP contribution in [0, 0.1) is 0 Å². The van der Waals surface area contributed by atoms with Crippen LogP contribution >= 0.6 is 0 Å². The van der Waals surface area contributed by atoms with Gasteiger partial charge in [-0.2, -0.15) is 0 Å². The van der Waals surface area contributed by atoms with E-state index in [1.165, 1.54) is 0 Å². The van der Waals surface area contributed by atoms with Crippen molar-refractivity contribution >= 4 is 17.7 Å². The van der Waals surface area contributed by atoms with Gasteiger partial charge in [0.05, 0.1) is 0 Å². The number of nitrogens with two attached hydrogens (primary N) is 2. The molecule has 0 bridgehead atoms.